The van der Waals surface area contributed by atoms with Crippen molar-refractivity contribution in [3.63, 3.8) is 0 Å². The van der Waals surface area contributed by atoms with Gasteiger partial charge in [0.05, 0.1) is 12.1 Å². The largest absolute Gasteiger partial charge is 0.350 e. The van der Waals surface area contributed by atoms with E-state index < -0.39 is 11.2 Å². The molecule has 1 aliphatic carbocycles. The van der Waals surface area contributed by atoms with Crippen molar-refractivity contribution in [2.24, 2.45) is 0 Å². The molecule has 0 aromatic carbocycles. The number of carbonyl (C=O) groups is 1. The SMILES string of the molecule is O=C(N[C@@H]1CCCC[C@H]1O[N+](=O)[O-])C1CCCN1. The van der Waals surface area contributed by atoms with Crippen LogP contribution in [0.2, 0.25) is 0 Å². The third-order valence-electron chi connectivity index (χ3n) is 3.63. The molecule has 7 heteroatoms. The fraction of sp³-hybridized carbons (Fsp3) is 0.909. The summed E-state index contributed by atoms with van der Waals surface area (Å²) in [6, 6.07) is -0.387. The second-order valence-electron chi connectivity index (χ2n) is 4.92. The maximum atomic E-state index is 11.9. The number of amides is 1. The van der Waals surface area contributed by atoms with Crippen LogP contribution in [0.5, 0.6) is 0 Å². The van der Waals surface area contributed by atoms with E-state index in [4.69, 9.17) is 0 Å². The van der Waals surface area contributed by atoms with Gasteiger partial charge >= 0.3 is 0 Å². The van der Waals surface area contributed by atoms with Gasteiger partial charge in [-0.25, -0.2) is 0 Å². The molecular formula is C11H19N3O4. The Morgan fingerprint density at radius 3 is 2.72 bits per heavy atom. The molecule has 2 rings (SSSR count). The summed E-state index contributed by atoms with van der Waals surface area (Å²) in [5.74, 6) is -0.0589. The van der Waals surface area contributed by atoms with E-state index in [1.54, 1.807) is 0 Å². The molecule has 18 heavy (non-hydrogen) atoms. The molecule has 0 spiro atoms. The van der Waals surface area contributed by atoms with Crippen LogP contribution in [0.4, 0.5) is 0 Å². The number of hydrogen-bond donors (Lipinski definition) is 2. The molecular weight excluding hydrogens is 238 g/mol. The lowest BCUT2D eigenvalue weighted by Gasteiger charge is -2.31. The van der Waals surface area contributed by atoms with Gasteiger partial charge < -0.3 is 15.5 Å². The number of rotatable bonds is 4. The van der Waals surface area contributed by atoms with Crippen molar-refractivity contribution < 1.29 is 14.7 Å². The van der Waals surface area contributed by atoms with Crippen molar-refractivity contribution in [1.82, 2.24) is 10.6 Å². The van der Waals surface area contributed by atoms with Crippen molar-refractivity contribution in [2.45, 2.75) is 56.7 Å². The van der Waals surface area contributed by atoms with Crippen LogP contribution in [-0.2, 0) is 9.63 Å². The molecule has 2 N–H and O–H groups in total. The van der Waals surface area contributed by atoms with Crippen LogP contribution in [0, 0.1) is 10.1 Å². The highest BCUT2D eigenvalue weighted by molar-refractivity contribution is 5.82. The highest BCUT2D eigenvalue weighted by Gasteiger charge is 2.31. The first-order valence-electron chi connectivity index (χ1n) is 6.52. The quantitative estimate of drug-likeness (QED) is 0.560. The third kappa shape index (κ3) is 3.32. The van der Waals surface area contributed by atoms with Gasteiger partial charge in [-0.15, -0.1) is 10.1 Å². The lowest BCUT2D eigenvalue weighted by atomic mass is 9.92. The fourth-order valence-electron chi connectivity index (χ4n) is 2.69. The lowest BCUT2D eigenvalue weighted by molar-refractivity contribution is -0.770. The van der Waals surface area contributed by atoms with Gasteiger partial charge in [0.25, 0.3) is 5.09 Å². The Labute approximate surface area is 105 Å². The monoisotopic (exact) mass is 257 g/mol. The number of carbonyl (C=O) groups excluding carboxylic acids is 1. The van der Waals surface area contributed by atoms with Crippen molar-refractivity contribution in [2.75, 3.05) is 6.54 Å². The Morgan fingerprint density at radius 1 is 1.28 bits per heavy atom. The predicted molar refractivity (Wildman–Crippen MR) is 63.3 cm³/mol. The summed E-state index contributed by atoms with van der Waals surface area (Å²) in [6.45, 7) is 0.859. The van der Waals surface area contributed by atoms with Crippen LogP contribution in [0.25, 0.3) is 0 Å². The molecule has 102 valence electrons. The molecule has 3 atom stereocenters. The minimum absolute atomic E-state index is 0.0589. The Kier molecular flexibility index (Phi) is 4.35. The zero-order valence-corrected chi connectivity index (χ0v) is 10.3. The Bertz CT molecular complexity index is 317. The first kappa shape index (κ1) is 13.1. The van der Waals surface area contributed by atoms with E-state index in [0.29, 0.717) is 6.42 Å². The van der Waals surface area contributed by atoms with Crippen molar-refractivity contribution in [1.29, 1.82) is 0 Å². The Balaban J connectivity index is 1.88. The van der Waals surface area contributed by atoms with E-state index in [-0.39, 0.29) is 18.0 Å². The van der Waals surface area contributed by atoms with Gasteiger partial charge in [-0.2, -0.15) is 0 Å². The molecule has 0 aromatic heterocycles. The van der Waals surface area contributed by atoms with Gasteiger partial charge in [0, 0.05) is 0 Å². The molecule has 1 heterocycles. The normalized spacial score (nSPS) is 31.9. The van der Waals surface area contributed by atoms with E-state index in [1.165, 1.54) is 0 Å². The maximum Gasteiger partial charge on any atom is 0.294 e. The third-order valence-corrected chi connectivity index (χ3v) is 3.63. The topological polar surface area (TPSA) is 93.5 Å². The van der Waals surface area contributed by atoms with Crippen LogP contribution in [0.15, 0.2) is 0 Å². The second-order valence-corrected chi connectivity index (χ2v) is 4.92. The molecule has 0 bridgehead atoms. The van der Waals surface area contributed by atoms with Crippen LogP contribution < -0.4 is 10.6 Å². The van der Waals surface area contributed by atoms with Gasteiger partial charge in [-0.3, -0.25) is 4.79 Å². The molecule has 1 saturated heterocycles. The smallest absolute Gasteiger partial charge is 0.294 e. The molecule has 1 unspecified atom stereocenters. The van der Waals surface area contributed by atoms with E-state index in [0.717, 1.165) is 38.6 Å². The standard InChI is InChI=1S/C11H19N3O4/c15-11(9-5-3-7-12-9)13-8-4-1-2-6-10(8)18-14(16)17/h8-10,12H,1-7H2,(H,13,15)/t8-,9?,10-/m1/s1. The van der Waals surface area contributed by atoms with E-state index >= 15 is 0 Å². The second kappa shape index (κ2) is 5.99. The summed E-state index contributed by atoms with van der Waals surface area (Å²) in [6.07, 6.45) is 4.59. The van der Waals surface area contributed by atoms with Crippen LogP contribution in [0.1, 0.15) is 38.5 Å². The van der Waals surface area contributed by atoms with Crippen molar-refractivity contribution in [3.8, 4) is 0 Å². The molecule has 2 fully saturated rings. The van der Waals surface area contributed by atoms with Gasteiger partial charge in [-0.05, 0) is 32.2 Å². The molecule has 0 radical (unpaired) electrons. The molecule has 7 nitrogen and oxygen atoms in total. The highest BCUT2D eigenvalue weighted by Crippen LogP contribution is 2.21. The highest BCUT2D eigenvalue weighted by atomic mass is 17.0. The number of nitrogens with one attached hydrogen (secondary N) is 2. The first-order chi connectivity index (χ1) is 8.66. The summed E-state index contributed by atoms with van der Waals surface area (Å²) in [5.41, 5.74) is 0. The average molecular weight is 257 g/mol. The summed E-state index contributed by atoms with van der Waals surface area (Å²) >= 11 is 0. The van der Waals surface area contributed by atoms with Crippen LogP contribution in [-0.4, -0.2) is 35.7 Å². The minimum atomic E-state index is -0.761. The zero-order valence-electron chi connectivity index (χ0n) is 10.3. The van der Waals surface area contributed by atoms with E-state index in [2.05, 4.69) is 15.5 Å². The summed E-state index contributed by atoms with van der Waals surface area (Å²) in [7, 11) is 0. The zero-order chi connectivity index (χ0) is 13.0. The molecule has 0 aromatic rings. The molecule has 1 saturated carbocycles. The number of hydrogen-bond acceptors (Lipinski definition) is 5. The maximum absolute atomic E-state index is 11.9. The van der Waals surface area contributed by atoms with Crippen LogP contribution >= 0.6 is 0 Å². The molecule has 1 aliphatic heterocycles. The van der Waals surface area contributed by atoms with Crippen molar-refractivity contribution >= 4 is 5.91 Å². The summed E-state index contributed by atoms with van der Waals surface area (Å²) in [4.78, 5) is 27.0. The summed E-state index contributed by atoms with van der Waals surface area (Å²) in [5, 5.41) is 15.7. The van der Waals surface area contributed by atoms with Gasteiger partial charge in [0.1, 0.15) is 6.10 Å². The molecule has 2 aliphatic rings. The Morgan fingerprint density at radius 2 is 2.06 bits per heavy atom. The van der Waals surface area contributed by atoms with E-state index in [9.17, 15) is 14.9 Å². The van der Waals surface area contributed by atoms with Gasteiger partial charge in [0.2, 0.25) is 5.91 Å². The Hall–Kier alpha value is -1.37. The first-order valence-corrected chi connectivity index (χ1v) is 6.52. The summed E-state index contributed by atoms with van der Waals surface area (Å²) < 4.78 is 0. The van der Waals surface area contributed by atoms with Gasteiger partial charge in [0.15, 0.2) is 0 Å². The fourth-order valence-corrected chi connectivity index (χ4v) is 2.69. The lowest BCUT2D eigenvalue weighted by Crippen LogP contribution is -2.51. The van der Waals surface area contributed by atoms with E-state index in [1.807, 2.05) is 0 Å². The number of nitrogens with zero attached hydrogens (tertiary/aromatic N) is 1. The van der Waals surface area contributed by atoms with Gasteiger partial charge in [-0.1, -0.05) is 12.8 Å². The predicted octanol–water partition coefficient (Wildman–Crippen LogP) is 0.374. The van der Waals surface area contributed by atoms with Crippen molar-refractivity contribution in [3.05, 3.63) is 10.1 Å². The average Bonchev–Trinajstić information content (AvgIpc) is 2.84. The molecule has 1 amide bonds. The minimum Gasteiger partial charge on any atom is -0.350 e. The van der Waals surface area contributed by atoms with Crippen LogP contribution in [0.3, 0.4) is 0 Å².